The predicted octanol–water partition coefficient (Wildman–Crippen LogP) is 2.68. The van der Waals surface area contributed by atoms with Gasteiger partial charge in [0.05, 0.1) is 0 Å². The average molecular weight is 211 g/mol. The fraction of sp³-hybridized carbons (Fsp3) is 0.500. The van der Waals surface area contributed by atoms with E-state index in [1.807, 2.05) is 14.0 Å². The van der Waals surface area contributed by atoms with E-state index in [-0.39, 0.29) is 11.5 Å². The quantitative estimate of drug-likeness (QED) is 0.793. The van der Waals surface area contributed by atoms with E-state index in [1.54, 1.807) is 0 Å². The summed E-state index contributed by atoms with van der Waals surface area (Å²) in [6.45, 7) is 2.03. The molecule has 82 valence electrons. The van der Waals surface area contributed by atoms with Crippen molar-refractivity contribution in [2.75, 3.05) is 7.05 Å². The van der Waals surface area contributed by atoms with Crippen LogP contribution in [0.25, 0.3) is 0 Å². The van der Waals surface area contributed by atoms with Gasteiger partial charge in [-0.15, -0.1) is 0 Å². The summed E-state index contributed by atoms with van der Waals surface area (Å²) in [5.74, 6) is -0.521. The molecule has 15 heavy (non-hydrogen) atoms. The van der Waals surface area contributed by atoms with Crippen LogP contribution in [0, 0.1) is 17.6 Å². The second kappa shape index (κ2) is 3.89. The van der Waals surface area contributed by atoms with Crippen LogP contribution in [0.5, 0.6) is 0 Å². The normalized spacial score (nSPS) is 30.0. The Morgan fingerprint density at radius 2 is 1.87 bits per heavy atom. The van der Waals surface area contributed by atoms with Crippen LogP contribution in [0.1, 0.15) is 24.8 Å². The predicted molar refractivity (Wildman–Crippen MR) is 55.7 cm³/mol. The van der Waals surface area contributed by atoms with Gasteiger partial charge in [-0.3, -0.25) is 0 Å². The number of hydrogen-bond donors (Lipinski definition) is 1. The molecule has 0 radical (unpaired) electrons. The lowest BCUT2D eigenvalue weighted by Crippen LogP contribution is -2.46. The van der Waals surface area contributed by atoms with Crippen LogP contribution in [0.2, 0.25) is 0 Å². The highest BCUT2D eigenvalue weighted by atomic mass is 19.1. The molecule has 1 aliphatic carbocycles. The molecule has 0 spiro atoms. The third-order valence-corrected chi connectivity index (χ3v) is 3.52. The van der Waals surface area contributed by atoms with Crippen LogP contribution < -0.4 is 5.32 Å². The molecule has 0 amide bonds. The minimum atomic E-state index is -0.415. The third-order valence-electron chi connectivity index (χ3n) is 3.52. The van der Waals surface area contributed by atoms with E-state index >= 15 is 0 Å². The molecule has 3 atom stereocenters. The van der Waals surface area contributed by atoms with Gasteiger partial charge in [-0.25, -0.2) is 8.78 Å². The molecular formula is C12H15F2N. The summed E-state index contributed by atoms with van der Waals surface area (Å²) in [6.07, 6.45) is 0.815. The lowest BCUT2D eigenvalue weighted by atomic mass is 9.67. The molecule has 1 nitrogen and oxygen atoms in total. The summed E-state index contributed by atoms with van der Waals surface area (Å²) in [5.41, 5.74) is 0.261. The van der Waals surface area contributed by atoms with Gasteiger partial charge in [-0.2, -0.15) is 0 Å². The van der Waals surface area contributed by atoms with Gasteiger partial charge in [-0.05, 0) is 37.4 Å². The first kappa shape index (κ1) is 10.6. The molecule has 1 aromatic carbocycles. The molecule has 3 heteroatoms. The van der Waals surface area contributed by atoms with Crippen LogP contribution in [-0.4, -0.2) is 13.1 Å². The lowest BCUT2D eigenvalue weighted by Gasteiger charge is -2.43. The fourth-order valence-corrected chi connectivity index (χ4v) is 2.41. The van der Waals surface area contributed by atoms with E-state index in [9.17, 15) is 8.78 Å². The number of benzene rings is 1. The van der Waals surface area contributed by atoms with Crippen molar-refractivity contribution in [1.29, 1.82) is 0 Å². The zero-order valence-electron chi connectivity index (χ0n) is 8.93. The largest absolute Gasteiger partial charge is 0.317 e. The molecule has 2 rings (SSSR count). The van der Waals surface area contributed by atoms with Crippen molar-refractivity contribution in [2.45, 2.75) is 25.3 Å². The first-order valence-electron chi connectivity index (χ1n) is 5.26. The standard InChI is InChI=1S/C12H15F2N/c1-7-8(6-11(7)15-2)12-9(13)4-3-5-10(12)14/h3-5,7-8,11,15H,6H2,1-2H3. The number of nitrogens with one attached hydrogen (secondary N) is 1. The number of halogens is 2. The van der Waals surface area contributed by atoms with E-state index in [0.717, 1.165) is 6.42 Å². The molecule has 1 N–H and O–H groups in total. The zero-order valence-corrected chi connectivity index (χ0v) is 8.93. The van der Waals surface area contributed by atoms with Gasteiger partial charge in [0.25, 0.3) is 0 Å². The highest BCUT2D eigenvalue weighted by Crippen LogP contribution is 2.43. The van der Waals surface area contributed by atoms with Crippen molar-refractivity contribution >= 4 is 0 Å². The molecule has 3 unspecified atom stereocenters. The summed E-state index contributed by atoms with van der Waals surface area (Å²) in [5, 5.41) is 3.14. The van der Waals surface area contributed by atoms with E-state index in [0.29, 0.717) is 12.0 Å². The first-order valence-corrected chi connectivity index (χ1v) is 5.26. The molecule has 1 aliphatic rings. The molecule has 0 aliphatic heterocycles. The van der Waals surface area contributed by atoms with Crippen LogP contribution in [0.3, 0.4) is 0 Å². The van der Waals surface area contributed by atoms with Gasteiger partial charge in [0, 0.05) is 11.6 Å². The molecule has 0 aromatic heterocycles. The Morgan fingerprint density at radius 3 is 2.33 bits per heavy atom. The Kier molecular flexibility index (Phi) is 2.74. The zero-order chi connectivity index (χ0) is 11.0. The van der Waals surface area contributed by atoms with Crippen molar-refractivity contribution in [3.05, 3.63) is 35.4 Å². The van der Waals surface area contributed by atoms with E-state index in [4.69, 9.17) is 0 Å². The maximum Gasteiger partial charge on any atom is 0.129 e. The van der Waals surface area contributed by atoms with Crippen molar-refractivity contribution < 1.29 is 8.78 Å². The SMILES string of the molecule is CNC1CC(c2c(F)cccc2F)C1C. The number of hydrogen-bond acceptors (Lipinski definition) is 1. The second-order valence-corrected chi connectivity index (χ2v) is 4.23. The smallest absolute Gasteiger partial charge is 0.129 e. The molecule has 0 saturated heterocycles. The number of rotatable bonds is 2. The maximum atomic E-state index is 13.5. The van der Waals surface area contributed by atoms with Gasteiger partial charge in [0.2, 0.25) is 0 Å². The third kappa shape index (κ3) is 1.65. The highest BCUT2D eigenvalue weighted by Gasteiger charge is 2.40. The van der Waals surface area contributed by atoms with E-state index < -0.39 is 11.6 Å². The highest BCUT2D eigenvalue weighted by molar-refractivity contribution is 5.27. The Bertz CT molecular complexity index is 344. The summed E-state index contributed by atoms with van der Waals surface area (Å²) in [4.78, 5) is 0. The van der Waals surface area contributed by atoms with Gasteiger partial charge >= 0.3 is 0 Å². The average Bonchev–Trinajstić information content (AvgIpc) is 2.21. The minimum Gasteiger partial charge on any atom is -0.317 e. The van der Waals surface area contributed by atoms with Gasteiger partial charge in [0.1, 0.15) is 11.6 Å². The summed E-state index contributed by atoms with van der Waals surface area (Å²) in [7, 11) is 1.88. The Balaban J connectivity index is 2.25. The maximum absolute atomic E-state index is 13.5. The molecule has 1 aromatic rings. The monoisotopic (exact) mass is 211 g/mol. The van der Waals surface area contributed by atoms with Gasteiger partial charge < -0.3 is 5.32 Å². The van der Waals surface area contributed by atoms with E-state index in [1.165, 1.54) is 18.2 Å². The van der Waals surface area contributed by atoms with Crippen LogP contribution in [0.15, 0.2) is 18.2 Å². The summed E-state index contributed by atoms with van der Waals surface area (Å²) < 4.78 is 26.9. The summed E-state index contributed by atoms with van der Waals surface area (Å²) >= 11 is 0. The molecular weight excluding hydrogens is 196 g/mol. The molecule has 1 saturated carbocycles. The van der Waals surface area contributed by atoms with Gasteiger partial charge in [0.15, 0.2) is 0 Å². The van der Waals surface area contributed by atoms with Crippen LogP contribution >= 0.6 is 0 Å². The van der Waals surface area contributed by atoms with E-state index in [2.05, 4.69) is 5.32 Å². The second-order valence-electron chi connectivity index (χ2n) is 4.23. The van der Waals surface area contributed by atoms with Crippen molar-refractivity contribution in [3.63, 3.8) is 0 Å². The topological polar surface area (TPSA) is 12.0 Å². The summed E-state index contributed by atoms with van der Waals surface area (Å²) in [6, 6.07) is 4.46. The molecule has 0 heterocycles. The fourth-order valence-electron chi connectivity index (χ4n) is 2.41. The Hall–Kier alpha value is -0.960. The van der Waals surface area contributed by atoms with Crippen LogP contribution in [-0.2, 0) is 0 Å². The van der Waals surface area contributed by atoms with Crippen molar-refractivity contribution in [2.24, 2.45) is 5.92 Å². The Labute approximate surface area is 88.5 Å². The minimum absolute atomic E-state index is 0.0173. The molecule has 0 bridgehead atoms. The van der Waals surface area contributed by atoms with Crippen molar-refractivity contribution in [3.8, 4) is 0 Å². The molecule has 1 fully saturated rings. The Morgan fingerprint density at radius 1 is 1.27 bits per heavy atom. The lowest BCUT2D eigenvalue weighted by molar-refractivity contribution is 0.186. The first-order chi connectivity index (χ1) is 7.15. The van der Waals surface area contributed by atoms with Gasteiger partial charge in [-0.1, -0.05) is 13.0 Å². The van der Waals surface area contributed by atoms with Crippen molar-refractivity contribution in [1.82, 2.24) is 5.32 Å². The van der Waals surface area contributed by atoms with Crippen LogP contribution in [0.4, 0.5) is 8.78 Å².